The Morgan fingerprint density at radius 3 is 2.58 bits per heavy atom. The fourth-order valence-corrected chi connectivity index (χ4v) is 7.48. The third-order valence-electron chi connectivity index (χ3n) is 9.36. The number of nitrogens with one attached hydrogen (secondary N) is 1. The molecule has 5 heterocycles. The van der Waals surface area contributed by atoms with Crippen molar-refractivity contribution in [2.75, 3.05) is 25.0 Å². The topological polar surface area (TPSA) is 83.4 Å². The molecule has 0 bridgehead atoms. The van der Waals surface area contributed by atoms with Crippen LogP contribution < -0.4 is 5.32 Å². The van der Waals surface area contributed by atoms with E-state index in [2.05, 4.69) is 39.2 Å². The number of imidazole rings is 1. The highest BCUT2D eigenvalue weighted by molar-refractivity contribution is 7.13. The first-order valence-corrected chi connectivity index (χ1v) is 16.2. The highest BCUT2D eigenvalue weighted by Crippen LogP contribution is 2.41. The Morgan fingerprint density at radius 2 is 1.89 bits per heavy atom. The van der Waals surface area contributed by atoms with Crippen molar-refractivity contribution in [2.45, 2.75) is 63.8 Å². The molecule has 2 aromatic heterocycles. The van der Waals surface area contributed by atoms with Crippen LogP contribution in [-0.4, -0.2) is 62.0 Å². The lowest BCUT2D eigenvalue weighted by atomic mass is 9.88. The van der Waals surface area contributed by atoms with Gasteiger partial charge in [-0.2, -0.15) is 0 Å². The van der Waals surface area contributed by atoms with E-state index >= 15 is 0 Å². The van der Waals surface area contributed by atoms with Crippen LogP contribution in [0.15, 0.2) is 54.3 Å². The summed E-state index contributed by atoms with van der Waals surface area (Å²) in [5, 5.41) is 4.75. The molecule has 3 aliphatic heterocycles. The maximum Gasteiger partial charge on any atom is 0.264 e. The number of piperidine rings is 1. The number of halogens is 3. The van der Waals surface area contributed by atoms with E-state index in [1.54, 1.807) is 16.0 Å². The summed E-state index contributed by atoms with van der Waals surface area (Å²) in [5.41, 5.74) is 3.30. The Kier molecular flexibility index (Phi) is 7.95. The molecule has 1 unspecified atom stereocenters. The molecule has 0 aliphatic carbocycles. The number of amides is 2. The van der Waals surface area contributed by atoms with Crippen LogP contribution >= 0.6 is 11.3 Å². The predicted molar refractivity (Wildman–Crippen MR) is 165 cm³/mol. The zero-order valence-electron chi connectivity index (χ0n) is 24.8. The number of aromatic nitrogens is 3. The molecule has 45 heavy (non-hydrogen) atoms. The van der Waals surface area contributed by atoms with Crippen molar-refractivity contribution in [1.82, 2.24) is 24.3 Å². The summed E-state index contributed by atoms with van der Waals surface area (Å²) in [5.74, 6) is -0.684. The van der Waals surface area contributed by atoms with E-state index in [4.69, 9.17) is 0 Å². The molecule has 0 spiro atoms. The van der Waals surface area contributed by atoms with E-state index in [0.29, 0.717) is 22.3 Å². The van der Waals surface area contributed by atoms with Crippen LogP contribution in [0.4, 0.5) is 18.3 Å². The molecule has 234 valence electrons. The maximum atomic E-state index is 14.6. The third kappa shape index (κ3) is 5.54. The summed E-state index contributed by atoms with van der Waals surface area (Å²) in [4.78, 5) is 40.0. The van der Waals surface area contributed by atoms with Gasteiger partial charge in [-0.1, -0.05) is 31.2 Å². The second kappa shape index (κ2) is 12.1. The van der Waals surface area contributed by atoms with E-state index < -0.39 is 30.5 Å². The molecule has 12 heteroatoms. The van der Waals surface area contributed by atoms with Gasteiger partial charge in [0.1, 0.15) is 6.17 Å². The average molecular weight is 635 g/mol. The zero-order valence-corrected chi connectivity index (χ0v) is 25.6. The standard InChI is InChI=1S/C33H33F3N6O2S/c1-2-40-10-7-21(8-11-40)19-3-5-20(6-4-19)22-13-24(30(35)36)26-17-42(32(44)25(26)14-22)29(31(43)39-33-37-9-12-45-33)28-27-15-23(34)16-41(27)18-38-28/h3-6,9,12-14,18,21,23,29-30H,2,7-8,10-11,15-17H2,1H3,(H,37,39,43)/t23-,29?/m1/s1. The summed E-state index contributed by atoms with van der Waals surface area (Å²) < 4.78 is 45.1. The highest BCUT2D eigenvalue weighted by Gasteiger charge is 2.43. The number of carbonyl (C=O) groups is 2. The van der Waals surface area contributed by atoms with Crippen LogP contribution in [0.5, 0.6) is 0 Å². The maximum absolute atomic E-state index is 14.6. The molecule has 1 saturated heterocycles. The Balaban J connectivity index is 1.21. The van der Waals surface area contributed by atoms with Gasteiger partial charge in [-0.25, -0.2) is 23.1 Å². The van der Waals surface area contributed by atoms with Crippen molar-refractivity contribution in [3.63, 3.8) is 0 Å². The zero-order chi connectivity index (χ0) is 31.2. The van der Waals surface area contributed by atoms with Crippen LogP contribution in [0.3, 0.4) is 0 Å². The molecule has 3 aliphatic rings. The number of likely N-dealkylation sites (tertiary alicyclic amines) is 1. The summed E-state index contributed by atoms with van der Waals surface area (Å²) in [7, 11) is 0. The molecule has 1 fully saturated rings. The smallest absolute Gasteiger partial charge is 0.264 e. The quantitative estimate of drug-likeness (QED) is 0.244. The molecule has 0 radical (unpaired) electrons. The lowest BCUT2D eigenvalue weighted by Crippen LogP contribution is -2.38. The van der Waals surface area contributed by atoms with E-state index in [0.717, 1.165) is 38.0 Å². The van der Waals surface area contributed by atoms with Gasteiger partial charge in [0.2, 0.25) is 0 Å². The summed E-state index contributed by atoms with van der Waals surface area (Å²) in [6.07, 6.45) is 1.23. The fourth-order valence-electron chi connectivity index (χ4n) is 6.95. The Hall–Kier alpha value is -4.03. The van der Waals surface area contributed by atoms with E-state index in [-0.39, 0.29) is 41.9 Å². The number of alkyl halides is 3. The molecule has 8 nitrogen and oxygen atoms in total. The lowest BCUT2D eigenvalue weighted by molar-refractivity contribution is -0.121. The van der Waals surface area contributed by atoms with Crippen molar-refractivity contribution >= 4 is 28.3 Å². The van der Waals surface area contributed by atoms with Gasteiger partial charge in [0, 0.05) is 41.4 Å². The Labute approximate surface area is 262 Å². The van der Waals surface area contributed by atoms with E-state index in [9.17, 15) is 22.8 Å². The number of hydrogen-bond acceptors (Lipinski definition) is 6. The lowest BCUT2D eigenvalue weighted by Gasteiger charge is -2.31. The second-order valence-electron chi connectivity index (χ2n) is 11.9. The van der Waals surface area contributed by atoms with Gasteiger partial charge in [-0.3, -0.25) is 14.9 Å². The molecule has 2 amide bonds. The van der Waals surface area contributed by atoms with Gasteiger partial charge in [0.15, 0.2) is 11.2 Å². The Morgan fingerprint density at radius 1 is 1.11 bits per heavy atom. The number of hydrogen-bond donors (Lipinski definition) is 1. The SMILES string of the molecule is CCN1CCC(c2ccc(-c3cc4c(c(C(F)F)c3)CN(C(C(=O)Nc3nccs3)c3ncn5c3C[C@@H](F)C5)C4=O)cc2)CC1. The van der Waals surface area contributed by atoms with Crippen LogP contribution in [0.25, 0.3) is 11.1 Å². The minimum atomic E-state index is -2.83. The normalized spacial score (nSPS) is 19.3. The number of rotatable bonds is 8. The number of fused-ring (bicyclic) bond motifs is 2. The average Bonchev–Trinajstić information content (AvgIpc) is 3.84. The molecule has 7 rings (SSSR count). The number of thiazole rings is 1. The van der Waals surface area contributed by atoms with Crippen LogP contribution in [0.2, 0.25) is 0 Å². The highest BCUT2D eigenvalue weighted by atomic mass is 32.1. The molecule has 1 N–H and O–H groups in total. The number of nitrogens with zero attached hydrogens (tertiary/aromatic N) is 5. The van der Waals surface area contributed by atoms with Gasteiger partial charge in [0.25, 0.3) is 18.2 Å². The largest absolute Gasteiger partial charge is 0.331 e. The molecule has 0 saturated carbocycles. The summed E-state index contributed by atoms with van der Waals surface area (Å²) in [6, 6.07) is 9.81. The van der Waals surface area contributed by atoms with Crippen molar-refractivity contribution in [3.05, 3.63) is 87.9 Å². The van der Waals surface area contributed by atoms with Gasteiger partial charge in [-0.15, -0.1) is 11.3 Å². The second-order valence-corrected chi connectivity index (χ2v) is 12.8. The number of carbonyl (C=O) groups excluding carboxylic acids is 2. The molecule has 2 aromatic carbocycles. The van der Waals surface area contributed by atoms with Crippen molar-refractivity contribution in [2.24, 2.45) is 0 Å². The first-order valence-electron chi connectivity index (χ1n) is 15.3. The third-order valence-corrected chi connectivity index (χ3v) is 10.0. The van der Waals surface area contributed by atoms with Gasteiger partial charge >= 0.3 is 0 Å². The van der Waals surface area contributed by atoms with Crippen molar-refractivity contribution < 1.29 is 22.8 Å². The number of benzene rings is 2. The van der Waals surface area contributed by atoms with Crippen LogP contribution in [0, 0.1) is 0 Å². The number of anilines is 1. The van der Waals surface area contributed by atoms with Crippen molar-refractivity contribution in [3.8, 4) is 11.1 Å². The van der Waals surface area contributed by atoms with Crippen LogP contribution in [0.1, 0.15) is 76.6 Å². The van der Waals surface area contributed by atoms with Gasteiger partial charge in [-0.05, 0) is 72.8 Å². The summed E-state index contributed by atoms with van der Waals surface area (Å²) in [6.45, 7) is 5.24. The van der Waals surface area contributed by atoms with Gasteiger partial charge in [0.05, 0.1) is 18.6 Å². The predicted octanol–water partition coefficient (Wildman–Crippen LogP) is 6.37. The molecular weight excluding hydrogens is 601 g/mol. The minimum Gasteiger partial charge on any atom is -0.331 e. The fraction of sp³-hybridized carbons (Fsp3) is 0.394. The molecular formula is C33H33F3N6O2S. The minimum absolute atomic E-state index is 0.0471. The molecule has 4 aromatic rings. The first-order chi connectivity index (χ1) is 21.8. The van der Waals surface area contributed by atoms with Crippen molar-refractivity contribution in [1.29, 1.82) is 0 Å². The van der Waals surface area contributed by atoms with E-state index in [1.165, 1.54) is 40.4 Å². The first kappa shape index (κ1) is 29.7. The Bertz CT molecular complexity index is 1720. The van der Waals surface area contributed by atoms with Crippen LogP contribution in [-0.2, 0) is 24.3 Å². The molecule has 2 atom stereocenters. The summed E-state index contributed by atoms with van der Waals surface area (Å²) >= 11 is 1.21. The van der Waals surface area contributed by atoms with Gasteiger partial charge < -0.3 is 14.4 Å². The van der Waals surface area contributed by atoms with E-state index in [1.807, 2.05) is 12.1 Å². The monoisotopic (exact) mass is 634 g/mol.